The largest absolute Gasteiger partial charge is 0.481 e. The van der Waals surface area contributed by atoms with Crippen LogP contribution in [0, 0.1) is 5.92 Å². The van der Waals surface area contributed by atoms with Gasteiger partial charge in [-0.05, 0) is 0 Å². The Balaban J connectivity index is 2.18. The Bertz CT molecular complexity index is 261. The van der Waals surface area contributed by atoms with E-state index in [-0.39, 0.29) is 6.04 Å². The Morgan fingerprint density at radius 1 is 1.75 bits per heavy atom. The molecule has 12 heavy (non-hydrogen) atoms. The van der Waals surface area contributed by atoms with Crippen LogP contribution in [0.25, 0.3) is 0 Å². The zero-order valence-corrected chi connectivity index (χ0v) is 6.34. The smallest absolute Gasteiger partial charge is 0.310 e. The Labute approximate surface area is 69.4 Å². The number of hydrogen-bond acceptors (Lipinski definition) is 4. The van der Waals surface area contributed by atoms with Crippen LogP contribution in [0.4, 0.5) is 0 Å². The van der Waals surface area contributed by atoms with Crippen LogP contribution in [0.1, 0.15) is 0 Å². The lowest BCUT2D eigenvalue weighted by Gasteiger charge is -2.22. The third-order valence-electron chi connectivity index (χ3n) is 2.10. The molecule has 1 saturated heterocycles. The molecule has 0 amide bonds. The minimum Gasteiger partial charge on any atom is -0.481 e. The second-order valence-corrected chi connectivity index (χ2v) is 2.80. The molecule has 2 N–H and O–H groups in total. The molecule has 1 fully saturated rings. The lowest BCUT2D eigenvalue weighted by Crippen LogP contribution is -2.37. The maximum Gasteiger partial charge on any atom is 0.310 e. The van der Waals surface area contributed by atoms with E-state index < -0.39 is 11.9 Å². The monoisotopic (exact) mass is 167 g/mol. The number of carboxylic acids is 1. The molecule has 0 aliphatic carbocycles. The van der Waals surface area contributed by atoms with Crippen LogP contribution < -0.4 is 5.43 Å². The molecule has 5 heteroatoms. The van der Waals surface area contributed by atoms with Crippen molar-refractivity contribution in [2.24, 2.45) is 10.9 Å². The maximum absolute atomic E-state index is 10.7. The molecule has 0 radical (unpaired) electrons. The average Bonchev–Trinajstić information content (AvgIpc) is 2.47. The van der Waals surface area contributed by atoms with Gasteiger partial charge in [-0.2, -0.15) is 0 Å². The number of hydrazine groups is 1. The van der Waals surface area contributed by atoms with Crippen molar-refractivity contribution < 1.29 is 9.90 Å². The molecule has 0 aromatic carbocycles. The quantitative estimate of drug-likeness (QED) is 0.549. The average molecular weight is 167 g/mol. The van der Waals surface area contributed by atoms with E-state index in [0.29, 0.717) is 6.54 Å². The molecule has 0 aromatic rings. The van der Waals surface area contributed by atoms with E-state index in [0.717, 1.165) is 0 Å². The predicted molar refractivity (Wildman–Crippen MR) is 42.4 cm³/mol. The first kappa shape index (κ1) is 7.30. The first-order valence-electron chi connectivity index (χ1n) is 3.73. The van der Waals surface area contributed by atoms with Gasteiger partial charge in [-0.3, -0.25) is 9.79 Å². The molecule has 0 aromatic heterocycles. The molecular weight excluding hydrogens is 158 g/mol. The number of nitrogens with zero attached hydrogens (tertiary/aromatic N) is 2. The van der Waals surface area contributed by atoms with Crippen LogP contribution in [-0.4, -0.2) is 34.9 Å². The van der Waals surface area contributed by atoms with Crippen LogP contribution in [0.3, 0.4) is 0 Å². The number of hydrogen-bond donors (Lipinski definition) is 2. The number of rotatable bonds is 1. The van der Waals surface area contributed by atoms with E-state index >= 15 is 0 Å². The molecule has 5 nitrogen and oxygen atoms in total. The number of aliphatic imine (C=N–C) groups is 1. The van der Waals surface area contributed by atoms with E-state index in [2.05, 4.69) is 10.4 Å². The zero-order chi connectivity index (χ0) is 8.55. The molecule has 2 aliphatic rings. The van der Waals surface area contributed by atoms with Crippen molar-refractivity contribution in [2.75, 3.05) is 6.54 Å². The summed E-state index contributed by atoms with van der Waals surface area (Å²) in [5.74, 6) is -1.17. The van der Waals surface area contributed by atoms with Crippen molar-refractivity contribution >= 4 is 12.2 Å². The topological polar surface area (TPSA) is 64.9 Å². The van der Waals surface area contributed by atoms with Crippen molar-refractivity contribution in [1.29, 1.82) is 0 Å². The first-order chi connectivity index (χ1) is 5.79. The number of aliphatic carboxylic acids is 1. The molecule has 2 aliphatic heterocycles. The summed E-state index contributed by atoms with van der Waals surface area (Å²) in [4.78, 5) is 14.6. The van der Waals surface area contributed by atoms with E-state index in [1.807, 2.05) is 0 Å². The van der Waals surface area contributed by atoms with Crippen molar-refractivity contribution in [3.63, 3.8) is 0 Å². The molecule has 0 saturated carbocycles. The highest BCUT2D eigenvalue weighted by molar-refractivity contribution is 5.80. The van der Waals surface area contributed by atoms with Gasteiger partial charge < -0.3 is 10.1 Å². The minimum atomic E-state index is -0.781. The molecule has 64 valence electrons. The Morgan fingerprint density at radius 2 is 2.58 bits per heavy atom. The van der Waals surface area contributed by atoms with Gasteiger partial charge in [0, 0.05) is 25.2 Å². The summed E-state index contributed by atoms with van der Waals surface area (Å²) in [5, 5.41) is 10.6. The van der Waals surface area contributed by atoms with Crippen molar-refractivity contribution in [3.05, 3.63) is 12.4 Å². The van der Waals surface area contributed by atoms with Gasteiger partial charge in [0.25, 0.3) is 0 Å². The van der Waals surface area contributed by atoms with E-state index in [1.165, 1.54) is 0 Å². The van der Waals surface area contributed by atoms with Crippen LogP contribution in [0.2, 0.25) is 0 Å². The van der Waals surface area contributed by atoms with Crippen LogP contribution in [0.15, 0.2) is 17.4 Å². The molecule has 0 spiro atoms. The van der Waals surface area contributed by atoms with Gasteiger partial charge in [0.2, 0.25) is 0 Å². The SMILES string of the molecule is O=C(O)C1CNN2C=CN=CC12. The Morgan fingerprint density at radius 3 is 3.33 bits per heavy atom. The van der Waals surface area contributed by atoms with Crippen molar-refractivity contribution in [1.82, 2.24) is 10.4 Å². The van der Waals surface area contributed by atoms with Gasteiger partial charge in [0.05, 0.1) is 12.0 Å². The summed E-state index contributed by atoms with van der Waals surface area (Å²) in [7, 11) is 0. The Hall–Kier alpha value is -1.36. The number of carbonyl (C=O) groups is 1. The fourth-order valence-electron chi connectivity index (χ4n) is 1.43. The second-order valence-electron chi connectivity index (χ2n) is 2.80. The molecule has 0 bridgehead atoms. The molecule has 2 atom stereocenters. The highest BCUT2D eigenvalue weighted by Gasteiger charge is 2.37. The third kappa shape index (κ3) is 0.984. The van der Waals surface area contributed by atoms with Gasteiger partial charge in [0.15, 0.2) is 0 Å². The van der Waals surface area contributed by atoms with Crippen LogP contribution in [0.5, 0.6) is 0 Å². The lowest BCUT2D eigenvalue weighted by molar-refractivity contribution is -0.141. The number of fused-ring (bicyclic) bond motifs is 1. The van der Waals surface area contributed by atoms with Crippen LogP contribution in [-0.2, 0) is 4.79 Å². The fraction of sp³-hybridized carbons (Fsp3) is 0.429. The van der Waals surface area contributed by atoms with Gasteiger partial charge in [-0.25, -0.2) is 5.43 Å². The van der Waals surface area contributed by atoms with E-state index in [1.54, 1.807) is 23.6 Å². The van der Waals surface area contributed by atoms with Gasteiger partial charge >= 0.3 is 5.97 Å². The van der Waals surface area contributed by atoms with Gasteiger partial charge in [-0.1, -0.05) is 0 Å². The second kappa shape index (κ2) is 2.60. The van der Waals surface area contributed by atoms with E-state index in [4.69, 9.17) is 5.11 Å². The third-order valence-corrected chi connectivity index (χ3v) is 2.10. The molecular formula is C7H9N3O2. The fourth-order valence-corrected chi connectivity index (χ4v) is 1.43. The zero-order valence-electron chi connectivity index (χ0n) is 6.34. The van der Waals surface area contributed by atoms with Crippen molar-refractivity contribution in [2.45, 2.75) is 6.04 Å². The Kier molecular flexibility index (Phi) is 1.58. The molecule has 2 heterocycles. The summed E-state index contributed by atoms with van der Waals surface area (Å²) in [5.41, 5.74) is 2.96. The van der Waals surface area contributed by atoms with E-state index in [9.17, 15) is 4.79 Å². The maximum atomic E-state index is 10.7. The predicted octanol–water partition coefficient (Wildman–Crippen LogP) is -0.568. The lowest BCUT2D eigenvalue weighted by atomic mass is 10.0. The molecule has 2 unspecified atom stereocenters. The summed E-state index contributed by atoms with van der Waals surface area (Å²) in [6, 6.07) is -0.132. The summed E-state index contributed by atoms with van der Waals surface area (Å²) in [6.45, 7) is 0.469. The minimum absolute atomic E-state index is 0.132. The first-order valence-corrected chi connectivity index (χ1v) is 3.73. The van der Waals surface area contributed by atoms with Gasteiger partial charge in [-0.15, -0.1) is 0 Å². The highest BCUT2D eigenvalue weighted by Crippen LogP contribution is 2.17. The number of carboxylic acid groups (broad SMARTS) is 1. The normalized spacial score (nSPS) is 32.2. The van der Waals surface area contributed by atoms with Gasteiger partial charge in [0.1, 0.15) is 0 Å². The summed E-state index contributed by atoms with van der Waals surface area (Å²) < 4.78 is 0. The summed E-state index contributed by atoms with van der Waals surface area (Å²) >= 11 is 0. The number of nitrogens with one attached hydrogen (secondary N) is 1. The summed E-state index contributed by atoms with van der Waals surface area (Å²) in [6.07, 6.45) is 5.03. The highest BCUT2D eigenvalue weighted by atomic mass is 16.4. The van der Waals surface area contributed by atoms with Crippen LogP contribution >= 0.6 is 0 Å². The van der Waals surface area contributed by atoms with Crippen molar-refractivity contribution in [3.8, 4) is 0 Å². The standard InChI is InChI=1S/C7H9N3O2/c11-7(12)5-3-9-10-2-1-8-4-6(5)10/h1-2,4-6,9H,3H2,(H,11,12). The molecule has 2 rings (SSSR count).